The van der Waals surface area contributed by atoms with Crippen LogP contribution in [-0.4, -0.2) is 7.11 Å². The Hall–Kier alpha value is -2.43. The number of methoxy groups -OCH3 is 1. The molecule has 0 bridgehead atoms. The van der Waals surface area contributed by atoms with Crippen molar-refractivity contribution in [2.75, 3.05) is 12.4 Å². The molecule has 25 heavy (non-hydrogen) atoms. The van der Waals surface area contributed by atoms with E-state index in [0.717, 1.165) is 23.6 Å². The van der Waals surface area contributed by atoms with Crippen LogP contribution in [0.1, 0.15) is 35.1 Å². The summed E-state index contributed by atoms with van der Waals surface area (Å²) in [7, 11) is 1.59. The van der Waals surface area contributed by atoms with Gasteiger partial charge in [-0.1, -0.05) is 36.4 Å². The molecule has 1 N–H and O–H groups in total. The first-order valence-electron chi connectivity index (χ1n) is 8.26. The van der Waals surface area contributed by atoms with Crippen LogP contribution in [0.3, 0.4) is 0 Å². The van der Waals surface area contributed by atoms with Crippen LogP contribution in [0.2, 0.25) is 0 Å². The van der Waals surface area contributed by atoms with Crippen LogP contribution in [0.5, 0.6) is 5.75 Å². The Balaban J connectivity index is 1.83. The van der Waals surface area contributed by atoms with E-state index >= 15 is 0 Å². The van der Waals surface area contributed by atoms with Crippen molar-refractivity contribution >= 4 is 5.69 Å². The molecule has 1 aliphatic heterocycles. The lowest BCUT2D eigenvalue weighted by molar-refractivity contribution is -0.137. The number of benzene rings is 2. The number of anilines is 1. The summed E-state index contributed by atoms with van der Waals surface area (Å²) in [6, 6.07) is 11.8. The van der Waals surface area contributed by atoms with Crippen molar-refractivity contribution in [2.24, 2.45) is 5.92 Å². The highest BCUT2D eigenvalue weighted by Crippen LogP contribution is 2.52. The van der Waals surface area contributed by atoms with Crippen LogP contribution in [0.4, 0.5) is 18.9 Å². The quantitative estimate of drug-likeness (QED) is 0.722. The number of para-hydroxylation sites is 1. The van der Waals surface area contributed by atoms with E-state index in [1.54, 1.807) is 13.2 Å². The number of hydrogen-bond donors (Lipinski definition) is 1. The molecule has 0 saturated carbocycles. The molecule has 0 spiro atoms. The first kappa shape index (κ1) is 16.1. The maximum Gasteiger partial charge on any atom is 0.418 e. The summed E-state index contributed by atoms with van der Waals surface area (Å²) in [5.74, 6) is 0.898. The fourth-order valence-electron chi connectivity index (χ4n) is 4.02. The second-order valence-electron chi connectivity index (χ2n) is 6.52. The van der Waals surface area contributed by atoms with Crippen LogP contribution in [0.15, 0.2) is 54.6 Å². The van der Waals surface area contributed by atoms with Crippen LogP contribution >= 0.6 is 0 Å². The van der Waals surface area contributed by atoms with E-state index in [1.807, 2.05) is 30.3 Å². The SMILES string of the molecule is COc1cccc([C@@H]2Nc3c(cccc3C(F)(F)F)[C@@H]3C=CC[C@@H]32)c1. The average Bonchev–Trinajstić information content (AvgIpc) is 3.09. The summed E-state index contributed by atoms with van der Waals surface area (Å²) in [5.41, 5.74) is 1.28. The molecule has 0 saturated heterocycles. The minimum atomic E-state index is -4.38. The van der Waals surface area contributed by atoms with Crippen molar-refractivity contribution in [2.45, 2.75) is 24.6 Å². The second kappa shape index (κ2) is 5.83. The van der Waals surface area contributed by atoms with Crippen molar-refractivity contribution in [1.82, 2.24) is 0 Å². The Morgan fingerprint density at radius 2 is 1.92 bits per heavy atom. The smallest absolute Gasteiger partial charge is 0.418 e. The average molecular weight is 345 g/mol. The topological polar surface area (TPSA) is 21.3 Å². The number of rotatable bonds is 2. The first-order valence-corrected chi connectivity index (χ1v) is 8.26. The molecule has 0 amide bonds. The Morgan fingerprint density at radius 3 is 2.68 bits per heavy atom. The first-order chi connectivity index (χ1) is 12.0. The predicted molar refractivity (Wildman–Crippen MR) is 90.8 cm³/mol. The Kier molecular flexibility index (Phi) is 3.74. The van der Waals surface area contributed by atoms with Crippen molar-refractivity contribution in [3.05, 3.63) is 71.3 Å². The summed E-state index contributed by atoms with van der Waals surface area (Å²) >= 11 is 0. The molecule has 2 aliphatic rings. The molecule has 1 aliphatic carbocycles. The summed E-state index contributed by atoms with van der Waals surface area (Å²) in [4.78, 5) is 0. The minimum absolute atomic E-state index is 0.00486. The lowest BCUT2D eigenvalue weighted by Crippen LogP contribution is -2.30. The van der Waals surface area contributed by atoms with E-state index in [9.17, 15) is 13.2 Å². The molecule has 1 heterocycles. The molecule has 2 nitrogen and oxygen atoms in total. The number of alkyl halides is 3. The number of ether oxygens (including phenoxy) is 1. The summed E-state index contributed by atoms with van der Waals surface area (Å²) in [6.45, 7) is 0. The molecule has 0 fully saturated rings. The van der Waals surface area contributed by atoms with Crippen molar-refractivity contribution in [3.8, 4) is 5.75 Å². The molecule has 4 rings (SSSR count). The maximum atomic E-state index is 13.5. The molecular formula is C20H18F3NO. The van der Waals surface area contributed by atoms with E-state index in [1.165, 1.54) is 6.07 Å². The highest BCUT2D eigenvalue weighted by Gasteiger charge is 2.42. The van der Waals surface area contributed by atoms with Gasteiger partial charge in [-0.15, -0.1) is 0 Å². The molecule has 0 aromatic heterocycles. The van der Waals surface area contributed by atoms with Crippen molar-refractivity contribution < 1.29 is 17.9 Å². The number of hydrogen-bond acceptors (Lipinski definition) is 2. The Morgan fingerprint density at radius 1 is 1.12 bits per heavy atom. The van der Waals surface area contributed by atoms with Gasteiger partial charge in [-0.3, -0.25) is 0 Å². The summed E-state index contributed by atoms with van der Waals surface area (Å²) in [6.07, 6.45) is 0.568. The third-order valence-electron chi connectivity index (χ3n) is 5.16. The highest BCUT2D eigenvalue weighted by molar-refractivity contribution is 5.65. The Bertz CT molecular complexity index is 828. The van der Waals surface area contributed by atoms with Crippen LogP contribution in [-0.2, 0) is 6.18 Å². The van der Waals surface area contributed by atoms with Crippen molar-refractivity contribution in [1.29, 1.82) is 0 Å². The molecular weight excluding hydrogens is 327 g/mol. The van der Waals surface area contributed by atoms with Crippen LogP contribution in [0.25, 0.3) is 0 Å². The lowest BCUT2D eigenvalue weighted by atomic mass is 9.76. The second-order valence-corrected chi connectivity index (χ2v) is 6.52. The monoisotopic (exact) mass is 345 g/mol. The standard InChI is InChI=1S/C20H18F3NO/c1-25-13-6-2-5-12(11-13)18-15-8-3-7-14(15)16-9-4-10-17(19(16)24-18)20(21,22)23/h2-7,9-11,14-15,18,24H,8H2,1H3/t14-,15+,18+/m1/s1. The van der Waals surface area contributed by atoms with Gasteiger partial charge in [-0.25, -0.2) is 0 Å². The van der Waals surface area contributed by atoms with Gasteiger partial charge >= 0.3 is 6.18 Å². The van der Waals surface area contributed by atoms with Gasteiger partial charge in [0.05, 0.1) is 24.4 Å². The van der Waals surface area contributed by atoms with E-state index < -0.39 is 11.7 Å². The van der Waals surface area contributed by atoms with Gasteiger partial charge in [0.1, 0.15) is 5.75 Å². The van der Waals surface area contributed by atoms with Crippen LogP contribution in [0, 0.1) is 5.92 Å². The molecule has 5 heteroatoms. The third kappa shape index (κ3) is 2.68. The zero-order chi connectivity index (χ0) is 17.6. The molecule has 0 radical (unpaired) electrons. The number of fused-ring (bicyclic) bond motifs is 3. The summed E-state index contributed by atoms with van der Waals surface area (Å²) < 4.78 is 45.8. The summed E-state index contributed by atoms with van der Waals surface area (Å²) in [5, 5.41) is 3.20. The largest absolute Gasteiger partial charge is 0.497 e. The normalized spacial score (nSPS) is 24.4. The lowest BCUT2D eigenvalue weighted by Gasteiger charge is -2.38. The van der Waals surface area contributed by atoms with E-state index in [4.69, 9.17) is 4.74 Å². The fraction of sp³-hybridized carbons (Fsp3) is 0.300. The Labute approximate surface area is 144 Å². The van der Waals surface area contributed by atoms with Gasteiger partial charge in [0.15, 0.2) is 0 Å². The fourth-order valence-corrected chi connectivity index (χ4v) is 4.02. The van der Waals surface area contributed by atoms with Gasteiger partial charge in [0, 0.05) is 5.92 Å². The molecule has 2 aromatic carbocycles. The maximum absolute atomic E-state index is 13.5. The number of allylic oxidation sites excluding steroid dienone is 2. The van der Waals surface area contributed by atoms with Gasteiger partial charge in [0.25, 0.3) is 0 Å². The predicted octanol–water partition coefficient (Wildman–Crippen LogP) is 5.54. The third-order valence-corrected chi connectivity index (χ3v) is 5.16. The van der Waals surface area contributed by atoms with Gasteiger partial charge < -0.3 is 10.1 Å². The molecule has 0 unspecified atom stereocenters. The molecule has 3 atom stereocenters. The highest BCUT2D eigenvalue weighted by atomic mass is 19.4. The van der Waals surface area contributed by atoms with Gasteiger partial charge in [0.2, 0.25) is 0 Å². The molecule has 2 aromatic rings. The number of halogens is 3. The number of nitrogens with one attached hydrogen (secondary N) is 1. The zero-order valence-corrected chi connectivity index (χ0v) is 13.7. The van der Waals surface area contributed by atoms with E-state index in [-0.39, 0.29) is 23.6 Å². The minimum Gasteiger partial charge on any atom is -0.497 e. The van der Waals surface area contributed by atoms with Gasteiger partial charge in [-0.05, 0) is 41.7 Å². The zero-order valence-electron chi connectivity index (χ0n) is 13.7. The van der Waals surface area contributed by atoms with Gasteiger partial charge in [-0.2, -0.15) is 13.2 Å². The molecule has 130 valence electrons. The van der Waals surface area contributed by atoms with Crippen molar-refractivity contribution in [3.63, 3.8) is 0 Å². The van der Waals surface area contributed by atoms with E-state index in [2.05, 4.69) is 11.4 Å². The van der Waals surface area contributed by atoms with Crippen LogP contribution < -0.4 is 10.1 Å². The van der Waals surface area contributed by atoms with E-state index in [0.29, 0.717) is 5.75 Å².